The van der Waals surface area contributed by atoms with Crippen LogP contribution >= 0.6 is 23.2 Å². The standard InChI is InChI=1S/C17H14Cl2O2/c1-2-21-15-8-4-13(5-9-15)17(20)10-6-12-3-7-14(18)11-16(12)19/h3-11H,2H2,1H3. The monoisotopic (exact) mass is 320 g/mol. The van der Waals surface area contributed by atoms with Crippen LogP contribution in [0.1, 0.15) is 22.8 Å². The molecule has 0 atom stereocenters. The van der Waals surface area contributed by atoms with Gasteiger partial charge in [-0.05, 0) is 61.0 Å². The van der Waals surface area contributed by atoms with Crippen LogP contribution in [0.3, 0.4) is 0 Å². The molecule has 2 rings (SSSR count). The second-order valence-electron chi connectivity index (χ2n) is 4.32. The highest BCUT2D eigenvalue weighted by atomic mass is 35.5. The maximum absolute atomic E-state index is 12.1. The van der Waals surface area contributed by atoms with Crippen molar-refractivity contribution in [2.75, 3.05) is 6.61 Å². The van der Waals surface area contributed by atoms with Gasteiger partial charge in [-0.2, -0.15) is 0 Å². The second-order valence-corrected chi connectivity index (χ2v) is 5.16. The Balaban J connectivity index is 2.11. The van der Waals surface area contributed by atoms with Gasteiger partial charge in [0.2, 0.25) is 0 Å². The third-order valence-electron chi connectivity index (χ3n) is 2.83. The van der Waals surface area contributed by atoms with Gasteiger partial charge in [0.1, 0.15) is 5.75 Å². The lowest BCUT2D eigenvalue weighted by molar-refractivity contribution is 0.104. The molecule has 0 aromatic heterocycles. The Morgan fingerprint density at radius 2 is 1.86 bits per heavy atom. The zero-order valence-electron chi connectivity index (χ0n) is 11.5. The molecule has 0 amide bonds. The number of halogens is 2. The van der Waals surface area contributed by atoms with Crippen molar-refractivity contribution in [2.24, 2.45) is 0 Å². The number of carbonyl (C=O) groups excluding carboxylic acids is 1. The van der Waals surface area contributed by atoms with E-state index in [4.69, 9.17) is 27.9 Å². The molecule has 2 aromatic carbocycles. The van der Waals surface area contributed by atoms with Gasteiger partial charge in [0.25, 0.3) is 0 Å². The zero-order valence-corrected chi connectivity index (χ0v) is 13.0. The Kier molecular flexibility index (Phi) is 5.43. The Morgan fingerprint density at radius 3 is 2.48 bits per heavy atom. The van der Waals surface area contributed by atoms with E-state index in [0.717, 1.165) is 11.3 Å². The summed E-state index contributed by atoms with van der Waals surface area (Å²) < 4.78 is 5.34. The molecule has 0 fully saturated rings. The number of rotatable bonds is 5. The topological polar surface area (TPSA) is 26.3 Å². The molecule has 2 nitrogen and oxygen atoms in total. The number of ether oxygens (including phenoxy) is 1. The predicted molar refractivity (Wildman–Crippen MR) is 87.4 cm³/mol. The van der Waals surface area contributed by atoms with Crippen LogP contribution in [-0.2, 0) is 0 Å². The summed E-state index contributed by atoms with van der Waals surface area (Å²) in [5.41, 5.74) is 1.35. The molecule has 0 heterocycles. The Hall–Kier alpha value is -1.77. The van der Waals surface area contributed by atoms with E-state index >= 15 is 0 Å². The number of carbonyl (C=O) groups is 1. The van der Waals surface area contributed by atoms with Gasteiger partial charge in [-0.15, -0.1) is 0 Å². The molecule has 0 unspecified atom stereocenters. The van der Waals surface area contributed by atoms with Gasteiger partial charge in [-0.25, -0.2) is 0 Å². The lowest BCUT2D eigenvalue weighted by atomic mass is 10.1. The van der Waals surface area contributed by atoms with Gasteiger partial charge in [0.05, 0.1) is 6.61 Å². The maximum atomic E-state index is 12.1. The van der Waals surface area contributed by atoms with Crippen LogP contribution in [0, 0.1) is 0 Å². The largest absolute Gasteiger partial charge is 0.494 e. The summed E-state index contributed by atoms with van der Waals surface area (Å²) in [5, 5.41) is 1.08. The van der Waals surface area contributed by atoms with Crippen LogP contribution in [0.5, 0.6) is 5.75 Å². The van der Waals surface area contributed by atoms with Crippen molar-refractivity contribution in [2.45, 2.75) is 6.92 Å². The highest BCUT2D eigenvalue weighted by Crippen LogP contribution is 2.22. The Morgan fingerprint density at radius 1 is 1.14 bits per heavy atom. The highest BCUT2D eigenvalue weighted by molar-refractivity contribution is 6.35. The average Bonchev–Trinajstić information content (AvgIpc) is 2.47. The van der Waals surface area contributed by atoms with Gasteiger partial charge in [0.15, 0.2) is 5.78 Å². The van der Waals surface area contributed by atoms with Gasteiger partial charge >= 0.3 is 0 Å². The van der Waals surface area contributed by atoms with Crippen LogP contribution in [0.2, 0.25) is 10.0 Å². The number of hydrogen-bond acceptors (Lipinski definition) is 2. The summed E-state index contributed by atoms with van der Waals surface area (Å²) in [4.78, 5) is 12.1. The SMILES string of the molecule is CCOc1ccc(C(=O)C=Cc2ccc(Cl)cc2Cl)cc1. The van der Waals surface area contributed by atoms with Crippen LogP contribution in [0.15, 0.2) is 48.5 Å². The van der Waals surface area contributed by atoms with Crippen LogP contribution in [0.4, 0.5) is 0 Å². The van der Waals surface area contributed by atoms with E-state index in [1.807, 2.05) is 6.92 Å². The minimum atomic E-state index is -0.0935. The molecule has 0 bridgehead atoms. The van der Waals surface area contributed by atoms with Gasteiger partial charge < -0.3 is 4.74 Å². The van der Waals surface area contributed by atoms with Gasteiger partial charge in [-0.1, -0.05) is 29.3 Å². The summed E-state index contributed by atoms with van der Waals surface area (Å²) in [5.74, 6) is 0.655. The molecule has 0 radical (unpaired) electrons. The fraction of sp³-hybridized carbons (Fsp3) is 0.118. The number of ketones is 1. The maximum Gasteiger partial charge on any atom is 0.185 e. The molecule has 0 spiro atoms. The third kappa shape index (κ3) is 4.35. The van der Waals surface area contributed by atoms with Crippen LogP contribution < -0.4 is 4.74 Å². The average molecular weight is 321 g/mol. The van der Waals surface area contributed by atoms with Crippen LogP contribution in [0.25, 0.3) is 6.08 Å². The van der Waals surface area contributed by atoms with Crippen molar-refractivity contribution in [1.82, 2.24) is 0 Å². The zero-order chi connectivity index (χ0) is 15.2. The molecule has 0 aliphatic rings. The lowest BCUT2D eigenvalue weighted by Gasteiger charge is -2.03. The van der Waals surface area contributed by atoms with E-state index < -0.39 is 0 Å². The first-order valence-electron chi connectivity index (χ1n) is 6.50. The summed E-state index contributed by atoms with van der Waals surface area (Å²) >= 11 is 11.9. The normalized spacial score (nSPS) is 10.8. The van der Waals surface area contributed by atoms with E-state index in [0.29, 0.717) is 22.2 Å². The van der Waals surface area contributed by atoms with Crippen molar-refractivity contribution in [3.05, 3.63) is 69.7 Å². The van der Waals surface area contributed by atoms with E-state index in [1.54, 1.807) is 48.5 Å². The molecule has 108 valence electrons. The molecule has 21 heavy (non-hydrogen) atoms. The van der Waals surface area contributed by atoms with Gasteiger partial charge in [0, 0.05) is 15.6 Å². The first-order valence-corrected chi connectivity index (χ1v) is 7.26. The quantitative estimate of drug-likeness (QED) is 0.552. The second kappa shape index (κ2) is 7.30. The van der Waals surface area contributed by atoms with E-state index in [9.17, 15) is 4.79 Å². The van der Waals surface area contributed by atoms with Crippen molar-refractivity contribution < 1.29 is 9.53 Å². The number of hydrogen-bond donors (Lipinski definition) is 0. The van der Waals surface area contributed by atoms with E-state index in [1.165, 1.54) is 6.08 Å². The van der Waals surface area contributed by atoms with Crippen molar-refractivity contribution in [1.29, 1.82) is 0 Å². The van der Waals surface area contributed by atoms with E-state index in [-0.39, 0.29) is 5.78 Å². The molecule has 0 saturated heterocycles. The van der Waals surface area contributed by atoms with E-state index in [2.05, 4.69) is 0 Å². The molecule has 4 heteroatoms. The molecular weight excluding hydrogens is 307 g/mol. The number of allylic oxidation sites excluding steroid dienone is 1. The first kappa shape index (κ1) is 15.6. The van der Waals surface area contributed by atoms with Gasteiger partial charge in [-0.3, -0.25) is 4.79 Å². The third-order valence-corrected chi connectivity index (χ3v) is 3.39. The Bertz CT molecular complexity index is 661. The summed E-state index contributed by atoms with van der Waals surface area (Å²) in [7, 11) is 0. The summed E-state index contributed by atoms with van der Waals surface area (Å²) in [6, 6.07) is 12.2. The predicted octanol–water partition coefficient (Wildman–Crippen LogP) is 5.29. The van der Waals surface area contributed by atoms with Crippen molar-refractivity contribution in [3.63, 3.8) is 0 Å². The smallest absolute Gasteiger partial charge is 0.185 e. The summed E-state index contributed by atoms with van der Waals surface area (Å²) in [6.45, 7) is 2.51. The molecular formula is C17H14Cl2O2. The number of benzene rings is 2. The molecule has 0 saturated carbocycles. The lowest BCUT2D eigenvalue weighted by Crippen LogP contribution is -1.95. The molecule has 0 N–H and O–H groups in total. The Labute approximate surface area is 134 Å². The molecule has 2 aromatic rings. The molecule has 0 aliphatic carbocycles. The van der Waals surface area contributed by atoms with Crippen molar-refractivity contribution in [3.8, 4) is 5.75 Å². The first-order chi connectivity index (χ1) is 10.1. The van der Waals surface area contributed by atoms with Crippen molar-refractivity contribution >= 4 is 35.1 Å². The fourth-order valence-corrected chi connectivity index (χ4v) is 2.25. The minimum absolute atomic E-state index is 0.0935. The summed E-state index contributed by atoms with van der Waals surface area (Å²) in [6.07, 6.45) is 3.17. The highest BCUT2D eigenvalue weighted by Gasteiger charge is 2.03. The minimum Gasteiger partial charge on any atom is -0.494 e. The fourth-order valence-electron chi connectivity index (χ4n) is 1.78. The molecule has 0 aliphatic heterocycles. The van der Waals surface area contributed by atoms with Crippen LogP contribution in [-0.4, -0.2) is 12.4 Å².